The number of benzene rings is 1. The third kappa shape index (κ3) is 4.44. The van der Waals surface area contributed by atoms with Crippen molar-refractivity contribution in [3.63, 3.8) is 0 Å². The van der Waals surface area contributed by atoms with Gasteiger partial charge in [-0.25, -0.2) is 0 Å². The van der Waals surface area contributed by atoms with E-state index in [4.69, 9.17) is 13.9 Å². The molecule has 4 rings (SSSR count). The van der Waals surface area contributed by atoms with Crippen LogP contribution in [0.15, 0.2) is 40.0 Å². The lowest BCUT2D eigenvalue weighted by Gasteiger charge is -2.14. The van der Waals surface area contributed by atoms with Crippen LogP contribution in [0, 0.1) is 13.8 Å². The molecule has 0 saturated carbocycles. The van der Waals surface area contributed by atoms with Crippen LogP contribution in [0.5, 0.6) is 5.75 Å². The molecule has 8 heteroatoms. The number of aromatic nitrogens is 3. The summed E-state index contributed by atoms with van der Waals surface area (Å²) in [4.78, 5) is 12.8. The number of hydrogen-bond acceptors (Lipinski definition) is 7. The number of carbonyl (C=O) groups is 1. The number of Topliss-reactive ketones (excluding diaryl/α,β-unsaturated/α-hetero) is 1. The highest BCUT2D eigenvalue weighted by Crippen LogP contribution is 2.26. The molecule has 0 amide bonds. The van der Waals surface area contributed by atoms with Crippen molar-refractivity contribution in [2.45, 2.75) is 44.6 Å². The van der Waals surface area contributed by atoms with Crippen LogP contribution < -0.4 is 4.74 Å². The van der Waals surface area contributed by atoms with Gasteiger partial charge in [-0.3, -0.25) is 4.79 Å². The molecule has 0 spiro atoms. The van der Waals surface area contributed by atoms with Gasteiger partial charge in [-0.1, -0.05) is 11.8 Å². The normalized spacial score (nSPS) is 16.2. The Morgan fingerprint density at radius 3 is 2.77 bits per heavy atom. The van der Waals surface area contributed by atoms with Crippen LogP contribution in [0.1, 0.15) is 34.6 Å². The summed E-state index contributed by atoms with van der Waals surface area (Å²) in [6, 6.07) is 9.35. The van der Waals surface area contributed by atoms with Crippen molar-refractivity contribution in [2.24, 2.45) is 0 Å². The number of ether oxygens (including phenoxy) is 2. The highest BCUT2D eigenvalue weighted by Gasteiger charge is 2.21. The summed E-state index contributed by atoms with van der Waals surface area (Å²) in [5.74, 6) is 1.47. The molecule has 1 unspecified atom stereocenters. The first-order valence-electron chi connectivity index (χ1n) is 9.97. The van der Waals surface area contributed by atoms with Crippen molar-refractivity contribution in [1.29, 1.82) is 0 Å². The number of ketones is 1. The second kappa shape index (κ2) is 9.06. The molecule has 1 aromatic carbocycles. The monoisotopic (exact) mass is 427 g/mol. The van der Waals surface area contributed by atoms with Crippen LogP contribution in [0.3, 0.4) is 0 Å². The van der Waals surface area contributed by atoms with E-state index in [0.717, 1.165) is 54.3 Å². The van der Waals surface area contributed by atoms with Gasteiger partial charge in [0.05, 0.1) is 19.0 Å². The Morgan fingerprint density at radius 1 is 1.27 bits per heavy atom. The number of rotatable bonds is 8. The van der Waals surface area contributed by atoms with Crippen molar-refractivity contribution in [1.82, 2.24) is 14.8 Å². The third-order valence-electron chi connectivity index (χ3n) is 5.35. The van der Waals surface area contributed by atoms with Gasteiger partial charge in [0, 0.05) is 35.7 Å². The minimum absolute atomic E-state index is 0.0517. The predicted molar refractivity (Wildman–Crippen MR) is 114 cm³/mol. The van der Waals surface area contributed by atoms with E-state index in [1.54, 1.807) is 7.11 Å². The molecule has 1 saturated heterocycles. The van der Waals surface area contributed by atoms with Crippen molar-refractivity contribution >= 4 is 17.5 Å². The van der Waals surface area contributed by atoms with Crippen LogP contribution in [0.4, 0.5) is 0 Å². The first-order chi connectivity index (χ1) is 14.5. The van der Waals surface area contributed by atoms with Crippen molar-refractivity contribution in [3.05, 3.63) is 47.3 Å². The molecule has 158 valence electrons. The van der Waals surface area contributed by atoms with Crippen molar-refractivity contribution in [2.75, 3.05) is 19.5 Å². The highest BCUT2D eigenvalue weighted by molar-refractivity contribution is 7.99. The Hall–Kier alpha value is -2.58. The molecular formula is C22H25N3O4S. The maximum absolute atomic E-state index is 12.8. The lowest BCUT2D eigenvalue weighted by atomic mass is 10.2. The smallest absolute Gasteiger partial charge is 0.277 e. The summed E-state index contributed by atoms with van der Waals surface area (Å²) in [6.45, 7) is 5.65. The number of thioether (sulfide) groups is 1. The second-order valence-electron chi connectivity index (χ2n) is 7.34. The maximum atomic E-state index is 12.8. The average molecular weight is 428 g/mol. The van der Waals surface area contributed by atoms with Crippen molar-refractivity contribution < 1.29 is 18.7 Å². The van der Waals surface area contributed by atoms with E-state index in [1.165, 1.54) is 11.8 Å². The molecule has 0 N–H and O–H groups in total. The quantitative estimate of drug-likeness (QED) is 0.391. The van der Waals surface area contributed by atoms with Gasteiger partial charge in [-0.15, -0.1) is 10.2 Å². The zero-order chi connectivity index (χ0) is 21.1. The Balaban J connectivity index is 1.39. The second-order valence-corrected chi connectivity index (χ2v) is 8.27. The molecule has 3 heterocycles. The Kier molecular flexibility index (Phi) is 6.24. The standard InChI is InChI=1S/C22H25N3O4S/c1-14-11-19(15(2)25(14)12-18-5-4-10-28-18)20(26)13-30-22-24-23-21(29-22)16-6-8-17(27-3)9-7-16/h6-9,11,18H,4-5,10,12-13H2,1-3H3. The van der Waals surface area contributed by atoms with Gasteiger partial charge in [0.15, 0.2) is 5.78 Å². The van der Waals surface area contributed by atoms with Gasteiger partial charge < -0.3 is 18.5 Å². The summed E-state index contributed by atoms with van der Waals surface area (Å²) >= 11 is 1.25. The molecular weight excluding hydrogens is 402 g/mol. The van der Waals surface area contributed by atoms with E-state index in [1.807, 2.05) is 44.2 Å². The van der Waals surface area contributed by atoms with Gasteiger partial charge in [0.2, 0.25) is 5.89 Å². The minimum atomic E-state index is 0.0517. The number of aryl methyl sites for hydroxylation is 1. The highest BCUT2D eigenvalue weighted by atomic mass is 32.2. The lowest BCUT2D eigenvalue weighted by Crippen LogP contribution is -2.17. The molecule has 1 atom stereocenters. The molecule has 1 fully saturated rings. The SMILES string of the molecule is COc1ccc(-c2nnc(SCC(=O)c3cc(C)n(CC4CCCO4)c3C)o2)cc1. The Morgan fingerprint density at radius 2 is 2.07 bits per heavy atom. The molecule has 2 aromatic heterocycles. The van der Waals surface area contributed by atoms with Crippen LogP contribution in [-0.4, -0.2) is 46.1 Å². The number of methoxy groups -OCH3 is 1. The summed E-state index contributed by atoms with van der Waals surface area (Å²) in [5, 5.41) is 8.51. The van der Waals surface area contributed by atoms with E-state index >= 15 is 0 Å². The number of nitrogens with zero attached hydrogens (tertiary/aromatic N) is 3. The summed E-state index contributed by atoms with van der Waals surface area (Å²) in [6.07, 6.45) is 2.42. The van der Waals surface area contributed by atoms with Crippen LogP contribution >= 0.6 is 11.8 Å². The molecule has 1 aliphatic rings. The molecule has 3 aromatic rings. The topological polar surface area (TPSA) is 79.4 Å². The van der Waals surface area contributed by atoms with E-state index in [2.05, 4.69) is 14.8 Å². The fourth-order valence-corrected chi connectivity index (χ4v) is 4.33. The summed E-state index contributed by atoms with van der Waals surface area (Å²) < 4.78 is 18.8. The zero-order valence-corrected chi connectivity index (χ0v) is 18.2. The van der Waals surface area contributed by atoms with Crippen LogP contribution in [0.2, 0.25) is 0 Å². The van der Waals surface area contributed by atoms with Gasteiger partial charge in [0.25, 0.3) is 5.22 Å². The van der Waals surface area contributed by atoms with Crippen LogP contribution in [0.25, 0.3) is 11.5 Å². The van der Waals surface area contributed by atoms with E-state index in [-0.39, 0.29) is 17.6 Å². The predicted octanol–water partition coefficient (Wildman–Crippen LogP) is 4.32. The average Bonchev–Trinajstić information content (AvgIpc) is 3.50. The van der Waals surface area contributed by atoms with Gasteiger partial charge in [0.1, 0.15) is 5.75 Å². The maximum Gasteiger partial charge on any atom is 0.277 e. The molecule has 0 bridgehead atoms. The fraction of sp³-hybridized carbons (Fsp3) is 0.409. The van der Waals surface area contributed by atoms with E-state index < -0.39 is 0 Å². The molecule has 1 aliphatic heterocycles. The molecule has 0 radical (unpaired) electrons. The zero-order valence-electron chi connectivity index (χ0n) is 17.4. The number of hydrogen-bond donors (Lipinski definition) is 0. The first kappa shape index (κ1) is 20.7. The lowest BCUT2D eigenvalue weighted by molar-refractivity contribution is 0.0957. The Labute approximate surface area is 179 Å². The van der Waals surface area contributed by atoms with E-state index in [0.29, 0.717) is 11.1 Å². The number of carbonyl (C=O) groups excluding carboxylic acids is 1. The fourth-order valence-electron chi connectivity index (χ4n) is 3.68. The third-order valence-corrected chi connectivity index (χ3v) is 6.17. The summed E-state index contributed by atoms with van der Waals surface area (Å²) in [5.41, 5.74) is 3.61. The van der Waals surface area contributed by atoms with Gasteiger partial charge in [-0.05, 0) is 57.0 Å². The van der Waals surface area contributed by atoms with Gasteiger partial charge >= 0.3 is 0 Å². The largest absolute Gasteiger partial charge is 0.497 e. The van der Waals surface area contributed by atoms with Gasteiger partial charge in [-0.2, -0.15) is 0 Å². The van der Waals surface area contributed by atoms with Crippen molar-refractivity contribution in [3.8, 4) is 17.2 Å². The first-order valence-corrected chi connectivity index (χ1v) is 11.0. The summed E-state index contributed by atoms with van der Waals surface area (Å²) in [7, 11) is 1.62. The molecule has 30 heavy (non-hydrogen) atoms. The molecule has 7 nitrogen and oxygen atoms in total. The van der Waals surface area contributed by atoms with Crippen LogP contribution in [-0.2, 0) is 11.3 Å². The Bertz CT molecular complexity index is 1020. The van der Waals surface area contributed by atoms with E-state index in [9.17, 15) is 4.79 Å². The minimum Gasteiger partial charge on any atom is -0.497 e. The molecule has 0 aliphatic carbocycles.